The van der Waals surface area contributed by atoms with Gasteiger partial charge < -0.3 is 18.8 Å². The summed E-state index contributed by atoms with van der Waals surface area (Å²) in [6.45, 7) is 21.6. The fraction of sp³-hybridized carbons (Fsp3) is 0.556. The molecule has 0 N–H and O–H groups in total. The fourth-order valence-electron chi connectivity index (χ4n) is 3.82. The molecule has 0 spiro atoms. The van der Waals surface area contributed by atoms with Gasteiger partial charge in [-0.3, -0.25) is 0 Å². The lowest BCUT2D eigenvalue weighted by Crippen LogP contribution is -2.62. The van der Waals surface area contributed by atoms with Crippen molar-refractivity contribution in [1.82, 2.24) is 29.9 Å². The molecular formula is C27H38B11Br2ClN6O4. The standard InChI is InChI=1S/C14H23BN2O3.C8H11BrN2O.C5H4BrClN2.B10/c1-9(2)18-12-16-8-11(10(3)17-12)15-19-13(4,5)14(6,7)20-15;1-5(2)12-8-10-4-7(9)6(3)11-8;1-3-4(6)2-8-5(7)9-3;1-7(2)10(8(3)4)9(5)6/h8-9H,1-7H3;4-5H,1-3H3;2H,1H3;. The van der Waals surface area contributed by atoms with Crippen LogP contribution in [0.15, 0.2) is 27.5 Å². The molecule has 0 atom stereocenters. The topological polar surface area (TPSA) is 114 Å². The van der Waals surface area contributed by atoms with Crippen LogP contribution >= 0.6 is 43.5 Å². The first-order chi connectivity index (χ1) is 23.4. The number of hydrogen-bond donors (Lipinski definition) is 0. The summed E-state index contributed by atoms with van der Waals surface area (Å²) in [7, 11) is 31.3. The van der Waals surface area contributed by atoms with E-state index in [4.69, 9.17) is 76.8 Å². The van der Waals surface area contributed by atoms with Gasteiger partial charge in [0.2, 0.25) is 5.28 Å². The third-order valence-electron chi connectivity index (χ3n) is 7.31. The Labute approximate surface area is 336 Å². The van der Waals surface area contributed by atoms with Crippen molar-refractivity contribution in [3.63, 3.8) is 0 Å². The van der Waals surface area contributed by atoms with Crippen molar-refractivity contribution in [3.05, 3.63) is 49.9 Å². The average Bonchev–Trinajstić information content (AvgIpc) is 3.18. The number of nitrogens with zero attached hydrogens (tertiary/aromatic N) is 6. The van der Waals surface area contributed by atoms with E-state index in [0.717, 1.165) is 31.5 Å². The number of aryl methyl sites for hydroxylation is 3. The van der Waals surface area contributed by atoms with E-state index in [9.17, 15) is 0 Å². The van der Waals surface area contributed by atoms with Gasteiger partial charge in [0.25, 0.3) is 0 Å². The number of halogens is 3. The zero-order valence-electron chi connectivity index (χ0n) is 31.2. The Bertz CT molecular complexity index is 1500. The third-order valence-corrected chi connectivity index (χ3v) is 9.04. The molecule has 4 rings (SSSR count). The van der Waals surface area contributed by atoms with Crippen LogP contribution in [0.1, 0.15) is 72.5 Å². The lowest BCUT2D eigenvalue weighted by molar-refractivity contribution is 0.00578. The molecule has 0 aliphatic carbocycles. The van der Waals surface area contributed by atoms with Crippen LogP contribution < -0.4 is 14.9 Å². The molecule has 0 unspecified atom stereocenters. The molecule has 10 nitrogen and oxygen atoms in total. The first kappa shape index (κ1) is 47.7. The summed E-state index contributed by atoms with van der Waals surface area (Å²) in [5.74, 6) is 0. The molecule has 3 aromatic rings. The van der Waals surface area contributed by atoms with E-state index < -0.39 is 32.7 Å². The van der Waals surface area contributed by atoms with Crippen LogP contribution in [0.4, 0.5) is 0 Å². The zero-order chi connectivity index (χ0) is 39.4. The molecule has 3 aromatic heterocycles. The molecule has 0 saturated carbocycles. The van der Waals surface area contributed by atoms with Gasteiger partial charge >= 0.3 is 19.1 Å². The second-order valence-electron chi connectivity index (χ2n) is 13.1. The van der Waals surface area contributed by atoms with Crippen LogP contribution in [-0.2, 0) is 9.31 Å². The summed E-state index contributed by atoms with van der Waals surface area (Å²) < 4.78 is 24.6. The Morgan fingerprint density at radius 1 is 0.667 bits per heavy atom. The van der Waals surface area contributed by atoms with Crippen molar-refractivity contribution in [1.29, 1.82) is 0 Å². The Hall–Kier alpha value is -1.28. The van der Waals surface area contributed by atoms with Crippen LogP contribution in [0.2, 0.25) is 5.28 Å². The summed E-state index contributed by atoms with van der Waals surface area (Å²) in [6.07, 6.45) is 2.77. The maximum Gasteiger partial charge on any atom is 0.498 e. The van der Waals surface area contributed by atoms with E-state index in [-0.39, 0.29) is 28.7 Å². The van der Waals surface area contributed by atoms with Crippen LogP contribution in [0.5, 0.6) is 12.0 Å². The Kier molecular flexibility index (Phi) is 20.2. The normalized spacial score (nSPS) is 13.8. The minimum Gasteiger partial charge on any atom is -0.461 e. The number of hydrogen-bond acceptors (Lipinski definition) is 10. The second kappa shape index (κ2) is 21.6. The predicted octanol–water partition coefficient (Wildman–Crippen LogP) is 2.60. The molecular weight excluding hydrogens is 787 g/mol. The van der Waals surface area contributed by atoms with Gasteiger partial charge in [-0.2, -0.15) is 4.98 Å². The van der Waals surface area contributed by atoms with E-state index in [0.29, 0.717) is 12.0 Å². The summed E-state index contributed by atoms with van der Waals surface area (Å²) in [4.78, 5) is 24.3. The molecule has 12 radical (unpaired) electrons. The number of rotatable bonds is 8. The van der Waals surface area contributed by atoms with Crippen LogP contribution in [0, 0.1) is 20.8 Å². The molecule has 0 bridgehead atoms. The minimum atomic E-state index is -0.667. The molecule has 254 valence electrons. The van der Waals surface area contributed by atoms with Crippen molar-refractivity contribution < 1.29 is 18.8 Å². The zero-order valence-corrected chi connectivity index (χ0v) is 35.1. The molecule has 0 amide bonds. The highest BCUT2D eigenvalue weighted by Crippen LogP contribution is 2.36. The third kappa shape index (κ3) is 16.3. The summed E-state index contributed by atoms with van der Waals surface area (Å²) in [5, 5.41) is 0.288. The highest BCUT2D eigenvalue weighted by molar-refractivity contribution is 9.10. The quantitative estimate of drug-likeness (QED) is 0.248. The van der Waals surface area contributed by atoms with E-state index in [1.807, 2.05) is 76.2 Å². The maximum atomic E-state index is 6.01. The Balaban J connectivity index is 0.000000362. The summed E-state index contributed by atoms with van der Waals surface area (Å²) in [5.41, 5.74) is 2.68. The van der Waals surface area contributed by atoms with Gasteiger partial charge in [0.05, 0.1) is 43.7 Å². The molecule has 4 heterocycles. The molecule has 1 fully saturated rings. The van der Waals surface area contributed by atoms with Crippen molar-refractivity contribution in [2.45, 2.75) is 99.6 Å². The van der Waals surface area contributed by atoms with Crippen molar-refractivity contribution in [2.24, 2.45) is 0 Å². The van der Waals surface area contributed by atoms with Gasteiger partial charge in [-0.05, 0) is 120 Å². The smallest absolute Gasteiger partial charge is 0.461 e. The number of aromatic nitrogens is 6. The molecule has 1 saturated heterocycles. The van der Waals surface area contributed by atoms with Gasteiger partial charge in [0.15, 0.2) is 0 Å². The number of ether oxygens (including phenoxy) is 2. The van der Waals surface area contributed by atoms with E-state index >= 15 is 0 Å². The fourth-order valence-corrected chi connectivity index (χ4v) is 4.37. The molecule has 1 aliphatic heterocycles. The van der Waals surface area contributed by atoms with Gasteiger partial charge in [0.1, 0.15) is 0 Å². The monoisotopic (exact) mass is 824 g/mol. The minimum absolute atomic E-state index is 0.0529. The first-order valence-electron chi connectivity index (χ1n) is 16.1. The Morgan fingerprint density at radius 2 is 1.04 bits per heavy atom. The first-order valence-corrected chi connectivity index (χ1v) is 18.0. The molecule has 1 aliphatic rings. The van der Waals surface area contributed by atoms with Gasteiger partial charge in [-0.25, -0.2) is 24.9 Å². The van der Waals surface area contributed by atoms with E-state index in [1.165, 1.54) is 0 Å². The highest BCUT2D eigenvalue weighted by Gasteiger charge is 2.52. The molecule has 51 heavy (non-hydrogen) atoms. The van der Waals surface area contributed by atoms with Gasteiger partial charge in [-0.1, -0.05) is 0 Å². The average molecular weight is 825 g/mol. The molecule has 0 aromatic carbocycles. The van der Waals surface area contributed by atoms with E-state index in [1.54, 1.807) is 18.6 Å². The highest BCUT2D eigenvalue weighted by atomic mass is 79.9. The lowest BCUT2D eigenvalue weighted by Gasteiger charge is -2.32. The largest absolute Gasteiger partial charge is 0.498 e. The summed E-state index contributed by atoms with van der Waals surface area (Å²) >= 11 is 12.0. The van der Waals surface area contributed by atoms with Crippen molar-refractivity contribution in [3.8, 4) is 12.0 Å². The van der Waals surface area contributed by atoms with Crippen molar-refractivity contribution in [2.75, 3.05) is 0 Å². The van der Waals surface area contributed by atoms with Crippen LogP contribution in [0.3, 0.4) is 0 Å². The Morgan fingerprint density at radius 3 is 1.35 bits per heavy atom. The SMILES string of the molecule is Cc1nc(Cl)ncc1Br.Cc1nc(OC(C)C)ncc1B1OC(C)(C)C(C)(C)O1.Cc1nc(OC(C)C)ncc1Br.[B]B([B])B(B([B])[B])B([B])[B]. The van der Waals surface area contributed by atoms with Crippen LogP contribution in [-0.4, -0.2) is 132 Å². The summed E-state index contributed by atoms with van der Waals surface area (Å²) in [6, 6.07) is 0.823. The van der Waals surface area contributed by atoms with E-state index in [2.05, 4.69) is 61.8 Å². The molecule has 24 heteroatoms. The lowest BCUT2D eigenvalue weighted by atomic mass is 8.58. The van der Waals surface area contributed by atoms with Gasteiger partial charge in [0, 0.05) is 102 Å². The van der Waals surface area contributed by atoms with Crippen LogP contribution in [0.25, 0.3) is 0 Å². The predicted molar refractivity (Wildman–Crippen MR) is 226 cm³/mol. The van der Waals surface area contributed by atoms with Crippen molar-refractivity contribution >= 4 is 128 Å². The maximum absolute atomic E-state index is 6.01. The van der Waals surface area contributed by atoms with Gasteiger partial charge in [-0.15, -0.1) is 0 Å². The second-order valence-corrected chi connectivity index (χ2v) is 15.1.